The summed E-state index contributed by atoms with van der Waals surface area (Å²) in [6.07, 6.45) is 5.26. The molecular weight excluding hydrogens is 204 g/mol. The SMILES string of the molecule is NC(N)=NCc1ccc(-n2cccn2)nc1. The van der Waals surface area contributed by atoms with E-state index in [9.17, 15) is 0 Å². The van der Waals surface area contributed by atoms with Gasteiger partial charge in [-0.3, -0.25) is 0 Å². The zero-order valence-electron chi connectivity index (χ0n) is 8.61. The maximum Gasteiger partial charge on any atom is 0.186 e. The molecule has 16 heavy (non-hydrogen) atoms. The molecule has 6 heteroatoms. The van der Waals surface area contributed by atoms with Crippen molar-refractivity contribution < 1.29 is 0 Å². The molecule has 0 bridgehead atoms. The Morgan fingerprint density at radius 1 is 1.38 bits per heavy atom. The maximum atomic E-state index is 5.24. The third kappa shape index (κ3) is 2.35. The van der Waals surface area contributed by atoms with Crippen LogP contribution in [0.5, 0.6) is 0 Å². The molecule has 0 radical (unpaired) electrons. The average molecular weight is 216 g/mol. The fourth-order valence-electron chi connectivity index (χ4n) is 1.23. The predicted molar refractivity (Wildman–Crippen MR) is 60.9 cm³/mol. The standard InChI is InChI=1S/C10H12N6/c11-10(12)14-7-8-2-3-9(13-6-8)16-5-1-4-15-16/h1-6H,7H2,(H4,11,12,14). The van der Waals surface area contributed by atoms with Crippen LogP contribution in [0.4, 0.5) is 0 Å². The van der Waals surface area contributed by atoms with Crippen LogP contribution in [0.25, 0.3) is 5.82 Å². The van der Waals surface area contributed by atoms with Crippen LogP contribution in [0.1, 0.15) is 5.56 Å². The topological polar surface area (TPSA) is 95.1 Å². The van der Waals surface area contributed by atoms with E-state index in [4.69, 9.17) is 11.5 Å². The molecule has 2 heterocycles. The molecule has 0 aromatic carbocycles. The summed E-state index contributed by atoms with van der Waals surface area (Å²) in [7, 11) is 0. The van der Waals surface area contributed by atoms with Crippen LogP contribution in [0.2, 0.25) is 0 Å². The van der Waals surface area contributed by atoms with Gasteiger partial charge in [-0.2, -0.15) is 5.10 Å². The van der Waals surface area contributed by atoms with Gasteiger partial charge in [-0.15, -0.1) is 0 Å². The minimum Gasteiger partial charge on any atom is -0.370 e. The van der Waals surface area contributed by atoms with Gasteiger partial charge >= 0.3 is 0 Å². The second-order valence-electron chi connectivity index (χ2n) is 3.22. The third-order valence-corrected chi connectivity index (χ3v) is 1.99. The van der Waals surface area contributed by atoms with E-state index < -0.39 is 0 Å². The molecule has 0 fully saturated rings. The van der Waals surface area contributed by atoms with Crippen molar-refractivity contribution >= 4 is 5.96 Å². The first kappa shape index (κ1) is 10.2. The van der Waals surface area contributed by atoms with Gasteiger partial charge in [-0.25, -0.2) is 14.7 Å². The Morgan fingerprint density at radius 3 is 2.81 bits per heavy atom. The molecule has 0 aliphatic rings. The molecule has 0 amide bonds. The lowest BCUT2D eigenvalue weighted by Gasteiger charge is -2.01. The molecule has 0 aliphatic carbocycles. The summed E-state index contributed by atoms with van der Waals surface area (Å²) < 4.78 is 1.68. The zero-order valence-corrected chi connectivity index (χ0v) is 8.61. The van der Waals surface area contributed by atoms with Crippen molar-refractivity contribution in [2.45, 2.75) is 6.54 Å². The molecule has 4 N–H and O–H groups in total. The van der Waals surface area contributed by atoms with Crippen LogP contribution < -0.4 is 11.5 Å². The molecular formula is C10H12N6. The van der Waals surface area contributed by atoms with E-state index >= 15 is 0 Å². The Labute approximate surface area is 92.6 Å². The van der Waals surface area contributed by atoms with Crippen LogP contribution in [0.15, 0.2) is 41.8 Å². The monoisotopic (exact) mass is 216 g/mol. The summed E-state index contributed by atoms with van der Waals surface area (Å²) in [6, 6.07) is 5.62. The lowest BCUT2D eigenvalue weighted by molar-refractivity contribution is 0.842. The van der Waals surface area contributed by atoms with Crippen molar-refractivity contribution in [3.63, 3.8) is 0 Å². The number of hydrogen-bond donors (Lipinski definition) is 2. The molecule has 0 atom stereocenters. The van der Waals surface area contributed by atoms with Crippen molar-refractivity contribution in [3.05, 3.63) is 42.4 Å². The van der Waals surface area contributed by atoms with Gasteiger partial charge in [0.1, 0.15) is 0 Å². The fourth-order valence-corrected chi connectivity index (χ4v) is 1.23. The molecule has 2 aromatic rings. The van der Waals surface area contributed by atoms with Crippen LogP contribution >= 0.6 is 0 Å². The number of hydrogen-bond acceptors (Lipinski definition) is 3. The van der Waals surface area contributed by atoms with Gasteiger partial charge in [0.25, 0.3) is 0 Å². The molecule has 2 rings (SSSR count). The normalized spacial score (nSPS) is 10.0. The molecule has 0 saturated carbocycles. The highest BCUT2D eigenvalue weighted by atomic mass is 15.3. The van der Waals surface area contributed by atoms with Gasteiger partial charge < -0.3 is 11.5 Å². The molecule has 82 valence electrons. The first-order valence-corrected chi connectivity index (χ1v) is 4.76. The summed E-state index contributed by atoms with van der Waals surface area (Å²) in [5, 5.41) is 4.08. The second kappa shape index (κ2) is 4.43. The Bertz CT molecular complexity index is 467. The highest BCUT2D eigenvalue weighted by Gasteiger charge is 1.97. The Balaban J connectivity index is 2.14. The molecule has 0 unspecified atom stereocenters. The first-order valence-electron chi connectivity index (χ1n) is 4.76. The number of pyridine rings is 1. The fraction of sp³-hybridized carbons (Fsp3) is 0.100. The minimum atomic E-state index is 0.0798. The van der Waals surface area contributed by atoms with E-state index in [1.165, 1.54) is 0 Å². The van der Waals surface area contributed by atoms with Gasteiger partial charge in [0, 0.05) is 18.6 Å². The first-order chi connectivity index (χ1) is 7.75. The summed E-state index contributed by atoms with van der Waals surface area (Å²) in [6.45, 7) is 0.439. The zero-order chi connectivity index (χ0) is 11.4. The minimum absolute atomic E-state index is 0.0798. The second-order valence-corrected chi connectivity index (χ2v) is 3.22. The third-order valence-electron chi connectivity index (χ3n) is 1.99. The quantitative estimate of drug-likeness (QED) is 0.559. The van der Waals surface area contributed by atoms with Crippen LogP contribution in [-0.4, -0.2) is 20.7 Å². The number of guanidine groups is 1. The molecule has 0 saturated heterocycles. The van der Waals surface area contributed by atoms with E-state index in [1.54, 1.807) is 17.1 Å². The number of nitrogens with two attached hydrogens (primary N) is 2. The summed E-state index contributed by atoms with van der Waals surface area (Å²) >= 11 is 0. The highest BCUT2D eigenvalue weighted by Crippen LogP contribution is 2.05. The predicted octanol–water partition coefficient (Wildman–Crippen LogP) is 0.0407. The number of rotatable bonds is 3. The van der Waals surface area contributed by atoms with Crippen molar-refractivity contribution in [3.8, 4) is 5.82 Å². The van der Waals surface area contributed by atoms with Gasteiger partial charge in [-0.1, -0.05) is 6.07 Å². The van der Waals surface area contributed by atoms with Crippen molar-refractivity contribution in [1.82, 2.24) is 14.8 Å². The molecule has 0 spiro atoms. The number of aromatic nitrogens is 3. The van der Waals surface area contributed by atoms with Crippen molar-refractivity contribution in [2.24, 2.45) is 16.5 Å². The van der Waals surface area contributed by atoms with E-state index in [0.717, 1.165) is 11.4 Å². The highest BCUT2D eigenvalue weighted by molar-refractivity contribution is 5.75. The van der Waals surface area contributed by atoms with E-state index in [-0.39, 0.29) is 5.96 Å². The largest absolute Gasteiger partial charge is 0.370 e. The smallest absolute Gasteiger partial charge is 0.186 e. The lowest BCUT2D eigenvalue weighted by Crippen LogP contribution is -2.22. The molecule has 0 aliphatic heterocycles. The van der Waals surface area contributed by atoms with Crippen molar-refractivity contribution in [1.29, 1.82) is 0 Å². The van der Waals surface area contributed by atoms with Gasteiger partial charge in [0.15, 0.2) is 11.8 Å². The number of nitrogens with zero attached hydrogens (tertiary/aromatic N) is 4. The summed E-state index contributed by atoms with van der Waals surface area (Å²) in [5.74, 6) is 0.842. The lowest BCUT2D eigenvalue weighted by atomic mass is 10.3. The average Bonchev–Trinajstić information content (AvgIpc) is 2.80. The van der Waals surface area contributed by atoms with E-state index in [0.29, 0.717) is 6.54 Å². The maximum absolute atomic E-state index is 5.24. The summed E-state index contributed by atoms with van der Waals surface area (Å²) in [5.41, 5.74) is 11.4. The van der Waals surface area contributed by atoms with E-state index in [2.05, 4.69) is 15.1 Å². The Hall–Kier alpha value is -2.37. The molecule has 6 nitrogen and oxygen atoms in total. The van der Waals surface area contributed by atoms with Gasteiger partial charge in [0.2, 0.25) is 0 Å². The Kier molecular flexibility index (Phi) is 2.81. The summed E-state index contributed by atoms with van der Waals surface area (Å²) in [4.78, 5) is 8.15. The Morgan fingerprint density at radius 2 is 2.25 bits per heavy atom. The van der Waals surface area contributed by atoms with Crippen LogP contribution in [-0.2, 0) is 6.54 Å². The van der Waals surface area contributed by atoms with E-state index in [1.807, 2.05) is 24.4 Å². The molecule has 2 aromatic heterocycles. The van der Waals surface area contributed by atoms with Gasteiger partial charge in [0.05, 0.1) is 6.54 Å². The van der Waals surface area contributed by atoms with Gasteiger partial charge in [-0.05, 0) is 17.7 Å². The van der Waals surface area contributed by atoms with Crippen molar-refractivity contribution in [2.75, 3.05) is 0 Å². The van der Waals surface area contributed by atoms with Crippen LogP contribution in [0, 0.1) is 0 Å². The van der Waals surface area contributed by atoms with Crippen LogP contribution in [0.3, 0.4) is 0 Å². The number of aliphatic imine (C=N–C) groups is 1.